The normalized spacial score (nSPS) is 21.1. The largest absolute Gasteiger partial charge is 0.395 e. The number of piperazine rings is 1. The lowest BCUT2D eigenvalue weighted by Crippen LogP contribution is -2.48. The summed E-state index contributed by atoms with van der Waals surface area (Å²) >= 11 is 14.4. The van der Waals surface area contributed by atoms with Gasteiger partial charge in [0.2, 0.25) is 0 Å². The minimum Gasteiger partial charge on any atom is -0.395 e. The van der Waals surface area contributed by atoms with Crippen LogP contribution in [-0.2, 0) is 6.42 Å². The molecule has 0 radical (unpaired) electrons. The Labute approximate surface area is 168 Å². The van der Waals surface area contributed by atoms with Crippen molar-refractivity contribution in [2.45, 2.75) is 22.3 Å². The van der Waals surface area contributed by atoms with E-state index in [1.807, 2.05) is 12.1 Å². The van der Waals surface area contributed by atoms with E-state index in [0.717, 1.165) is 39.1 Å². The van der Waals surface area contributed by atoms with Crippen LogP contribution in [0, 0.1) is 0 Å². The third kappa shape index (κ3) is 3.77. The second-order valence-corrected chi connectivity index (χ2v) is 8.73. The topological polar surface area (TPSA) is 26.7 Å². The average molecular weight is 409 g/mol. The van der Waals surface area contributed by atoms with Crippen molar-refractivity contribution in [1.29, 1.82) is 0 Å². The second kappa shape index (κ2) is 8.09. The first-order chi connectivity index (χ1) is 12.7. The van der Waals surface area contributed by atoms with Gasteiger partial charge in [-0.05, 0) is 35.7 Å². The van der Waals surface area contributed by atoms with Gasteiger partial charge in [0.1, 0.15) is 0 Å². The standard InChI is InChI=1S/C20H22Cl2N2OS/c21-16-11-14-12-18(24-7-5-23(6-8-24)9-10-25)15-3-1-2-4-19(15)26-20(14)13-17(16)22/h1-4,11,13,18,25H,5-10,12H2/t18-/m0/s1. The molecule has 0 spiro atoms. The van der Waals surface area contributed by atoms with Crippen LogP contribution in [0.1, 0.15) is 17.2 Å². The summed E-state index contributed by atoms with van der Waals surface area (Å²) in [5.74, 6) is 0. The number of halogens is 2. The first-order valence-electron chi connectivity index (χ1n) is 8.97. The van der Waals surface area contributed by atoms with Gasteiger partial charge in [-0.1, -0.05) is 53.2 Å². The number of fused-ring (bicyclic) bond motifs is 2. The fraction of sp³-hybridized carbons (Fsp3) is 0.400. The molecule has 138 valence electrons. The maximum atomic E-state index is 9.18. The Hall–Kier alpha value is -0.750. The van der Waals surface area contributed by atoms with Crippen LogP contribution in [0.2, 0.25) is 10.0 Å². The third-order valence-electron chi connectivity index (χ3n) is 5.28. The third-order valence-corrected chi connectivity index (χ3v) is 7.19. The zero-order chi connectivity index (χ0) is 18.1. The minimum absolute atomic E-state index is 0.232. The highest BCUT2D eigenvalue weighted by Gasteiger charge is 2.30. The number of hydrogen-bond acceptors (Lipinski definition) is 4. The van der Waals surface area contributed by atoms with Gasteiger partial charge in [0.25, 0.3) is 0 Å². The molecule has 6 heteroatoms. The zero-order valence-corrected chi connectivity index (χ0v) is 16.8. The molecule has 0 aliphatic carbocycles. The Bertz CT molecular complexity index is 793. The summed E-state index contributed by atoms with van der Waals surface area (Å²) in [5, 5.41) is 10.4. The molecule has 2 aliphatic heterocycles. The maximum Gasteiger partial charge on any atom is 0.0603 e. The van der Waals surface area contributed by atoms with Crippen molar-refractivity contribution in [3.63, 3.8) is 0 Å². The van der Waals surface area contributed by atoms with Gasteiger partial charge in [-0.3, -0.25) is 9.80 Å². The number of benzene rings is 2. The highest BCUT2D eigenvalue weighted by Crippen LogP contribution is 2.45. The van der Waals surface area contributed by atoms with Gasteiger partial charge in [0.15, 0.2) is 0 Å². The molecule has 2 aromatic rings. The Morgan fingerprint density at radius 3 is 2.50 bits per heavy atom. The highest BCUT2D eigenvalue weighted by molar-refractivity contribution is 7.99. The van der Waals surface area contributed by atoms with Crippen LogP contribution in [0.25, 0.3) is 0 Å². The van der Waals surface area contributed by atoms with E-state index < -0.39 is 0 Å². The minimum atomic E-state index is 0.232. The molecule has 1 saturated heterocycles. The van der Waals surface area contributed by atoms with Gasteiger partial charge in [-0.2, -0.15) is 0 Å². The number of aliphatic hydroxyl groups is 1. The van der Waals surface area contributed by atoms with E-state index in [4.69, 9.17) is 23.2 Å². The number of hydrogen-bond donors (Lipinski definition) is 1. The fourth-order valence-electron chi connectivity index (χ4n) is 3.88. The van der Waals surface area contributed by atoms with E-state index in [0.29, 0.717) is 16.1 Å². The second-order valence-electron chi connectivity index (χ2n) is 6.84. The molecule has 3 nitrogen and oxygen atoms in total. The molecule has 2 heterocycles. The molecule has 0 unspecified atom stereocenters. The molecule has 0 bridgehead atoms. The van der Waals surface area contributed by atoms with Gasteiger partial charge in [-0.25, -0.2) is 0 Å². The summed E-state index contributed by atoms with van der Waals surface area (Å²) in [6.07, 6.45) is 0.941. The lowest BCUT2D eigenvalue weighted by molar-refractivity contribution is 0.0823. The van der Waals surface area contributed by atoms with Crippen LogP contribution in [0.5, 0.6) is 0 Å². The predicted octanol–water partition coefficient (Wildman–Crippen LogP) is 4.35. The molecule has 1 fully saturated rings. The van der Waals surface area contributed by atoms with Gasteiger partial charge >= 0.3 is 0 Å². The van der Waals surface area contributed by atoms with E-state index in [1.165, 1.54) is 20.9 Å². The lowest BCUT2D eigenvalue weighted by Gasteiger charge is -2.39. The van der Waals surface area contributed by atoms with Gasteiger partial charge < -0.3 is 5.11 Å². The van der Waals surface area contributed by atoms with E-state index >= 15 is 0 Å². The van der Waals surface area contributed by atoms with Gasteiger partial charge in [-0.15, -0.1) is 0 Å². The molecule has 0 aromatic heterocycles. The monoisotopic (exact) mass is 408 g/mol. The molecule has 2 aliphatic rings. The lowest BCUT2D eigenvalue weighted by atomic mass is 9.96. The first kappa shape index (κ1) is 18.6. The molecule has 0 saturated carbocycles. The van der Waals surface area contributed by atoms with Crippen molar-refractivity contribution < 1.29 is 5.11 Å². The molecular weight excluding hydrogens is 387 g/mol. The first-order valence-corrected chi connectivity index (χ1v) is 10.5. The molecule has 1 N–H and O–H groups in total. The van der Waals surface area contributed by atoms with E-state index in [9.17, 15) is 5.11 Å². The van der Waals surface area contributed by atoms with Crippen molar-refractivity contribution in [1.82, 2.24) is 9.80 Å². The van der Waals surface area contributed by atoms with Crippen molar-refractivity contribution >= 4 is 35.0 Å². The summed E-state index contributed by atoms with van der Waals surface area (Å²) in [4.78, 5) is 7.41. The SMILES string of the molecule is OCCN1CCN([C@H]2Cc3cc(Cl)c(Cl)cc3Sc3ccccc32)CC1. The molecule has 0 amide bonds. The number of nitrogens with zero attached hydrogens (tertiary/aromatic N) is 2. The summed E-state index contributed by atoms with van der Waals surface area (Å²) in [6.45, 7) is 5.03. The highest BCUT2D eigenvalue weighted by atomic mass is 35.5. The Balaban J connectivity index is 1.66. The van der Waals surface area contributed by atoms with Crippen molar-refractivity contribution in [3.8, 4) is 0 Å². The summed E-state index contributed by atoms with van der Waals surface area (Å²) in [7, 11) is 0. The van der Waals surface area contributed by atoms with Gasteiger partial charge in [0, 0.05) is 48.6 Å². The predicted molar refractivity (Wildman–Crippen MR) is 109 cm³/mol. The van der Waals surface area contributed by atoms with Gasteiger partial charge in [0.05, 0.1) is 16.7 Å². The fourth-order valence-corrected chi connectivity index (χ4v) is 5.45. The quantitative estimate of drug-likeness (QED) is 0.816. The molecule has 26 heavy (non-hydrogen) atoms. The van der Waals surface area contributed by atoms with E-state index in [-0.39, 0.29) is 6.61 Å². The summed E-state index contributed by atoms with van der Waals surface area (Å²) in [6, 6.07) is 13.1. The molecular formula is C20H22Cl2N2OS. The number of aliphatic hydroxyl groups excluding tert-OH is 1. The van der Waals surface area contributed by atoms with Crippen LogP contribution in [0.15, 0.2) is 46.2 Å². The maximum absolute atomic E-state index is 9.18. The van der Waals surface area contributed by atoms with Crippen LogP contribution in [0.4, 0.5) is 0 Å². The van der Waals surface area contributed by atoms with Crippen molar-refractivity contribution in [3.05, 3.63) is 57.6 Å². The van der Waals surface area contributed by atoms with Crippen LogP contribution >= 0.6 is 35.0 Å². The van der Waals surface area contributed by atoms with Crippen molar-refractivity contribution in [2.75, 3.05) is 39.3 Å². The Morgan fingerprint density at radius 2 is 1.73 bits per heavy atom. The number of β-amino-alcohol motifs (C(OH)–C–C–N with tert-alkyl or cyclic N) is 1. The average Bonchev–Trinajstić information content (AvgIpc) is 2.80. The summed E-state index contributed by atoms with van der Waals surface area (Å²) in [5.41, 5.74) is 2.65. The van der Waals surface area contributed by atoms with E-state index in [2.05, 4.69) is 34.1 Å². The van der Waals surface area contributed by atoms with Crippen LogP contribution < -0.4 is 0 Å². The summed E-state index contributed by atoms with van der Waals surface area (Å²) < 4.78 is 0. The van der Waals surface area contributed by atoms with Crippen molar-refractivity contribution in [2.24, 2.45) is 0 Å². The van der Waals surface area contributed by atoms with Crippen LogP contribution in [-0.4, -0.2) is 54.2 Å². The number of rotatable bonds is 3. The zero-order valence-electron chi connectivity index (χ0n) is 14.5. The molecule has 4 rings (SSSR count). The van der Waals surface area contributed by atoms with Crippen LogP contribution in [0.3, 0.4) is 0 Å². The smallest absolute Gasteiger partial charge is 0.0603 e. The Morgan fingerprint density at radius 1 is 1.00 bits per heavy atom. The molecule has 2 aromatic carbocycles. The Kier molecular flexibility index (Phi) is 5.79. The van der Waals surface area contributed by atoms with E-state index in [1.54, 1.807) is 11.8 Å². The molecule has 1 atom stereocenters.